The highest BCUT2D eigenvalue weighted by molar-refractivity contribution is 6.28. The van der Waals surface area contributed by atoms with Gasteiger partial charge in [-0.25, -0.2) is 9.97 Å². The summed E-state index contributed by atoms with van der Waals surface area (Å²) in [5.41, 5.74) is 0.859. The first-order chi connectivity index (χ1) is 10.3. The van der Waals surface area contributed by atoms with Crippen molar-refractivity contribution in [2.75, 3.05) is 26.2 Å². The Kier molecular flexibility index (Phi) is 4.18. The summed E-state index contributed by atoms with van der Waals surface area (Å²) in [6, 6.07) is 1.04. The number of aromatic nitrogens is 5. The Morgan fingerprint density at radius 2 is 2.19 bits per heavy atom. The van der Waals surface area contributed by atoms with Gasteiger partial charge in [0.1, 0.15) is 17.4 Å². The quantitative estimate of drug-likeness (QED) is 0.609. The van der Waals surface area contributed by atoms with Crippen molar-refractivity contribution in [3.05, 3.63) is 35.1 Å². The molecule has 0 amide bonds. The lowest BCUT2D eigenvalue weighted by Crippen LogP contribution is -2.47. The molecule has 3 rings (SSSR count). The van der Waals surface area contributed by atoms with Crippen LogP contribution in [0.2, 0.25) is 5.28 Å². The molecule has 0 saturated carbocycles. The molecule has 9 heteroatoms. The Bertz CT molecular complexity index is 612. The van der Waals surface area contributed by atoms with Gasteiger partial charge in [-0.1, -0.05) is 5.21 Å². The van der Waals surface area contributed by atoms with E-state index < -0.39 is 6.04 Å². The lowest BCUT2D eigenvalue weighted by Gasteiger charge is -2.32. The fourth-order valence-electron chi connectivity index (χ4n) is 2.38. The van der Waals surface area contributed by atoms with Crippen LogP contribution in [-0.4, -0.2) is 62.2 Å². The van der Waals surface area contributed by atoms with E-state index in [1.54, 1.807) is 12.3 Å². The number of nitrogens with zero attached hydrogens (tertiary/aromatic N) is 5. The summed E-state index contributed by atoms with van der Waals surface area (Å²) in [6.45, 7) is 3.16. The van der Waals surface area contributed by atoms with Crippen molar-refractivity contribution >= 4 is 17.4 Å². The number of hydrogen-bond acceptors (Lipinski definition) is 7. The molecule has 0 radical (unpaired) electrons. The van der Waals surface area contributed by atoms with E-state index in [1.807, 2.05) is 0 Å². The van der Waals surface area contributed by atoms with Crippen LogP contribution in [0.5, 0.6) is 0 Å². The summed E-state index contributed by atoms with van der Waals surface area (Å²) < 4.78 is 0. The van der Waals surface area contributed by atoms with Crippen molar-refractivity contribution < 1.29 is 4.79 Å². The molecule has 3 heterocycles. The number of halogens is 1. The molecule has 2 aromatic rings. The number of nitrogens with one attached hydrogen (secondary N) is 2. The minimum Gasteiger partial charge on any atom is -0.314 e. The molecule has 1 aliphatic heterocycles. The highest BCUT2D eigenvalue weighted by Crippen LogP contribution is 2.23. The Morgan fingerprint density at radius 3 is 2.86 bits per heavy atom. The summed E-state index contributed by atoms with van der Waals surface area (Å²) in [7, 11) is 0. The number of rotatable bonds is 4. The predicted molar refractivity (Wildman–Crippen MR) is 74.9 cm³/mol. The third-order valence-corrected chi connectivity index (χ3v) is 3.54. The van der Waals surface area contributed by atoms with E-state index in [4.69, 9.17) is 11.6 Å². The first-order valence-electron chi connectivity index (χ1n) is 6.59. The SMILES string of the molecule is O=C(c1ccnc(Cl)n1)C(c1c[nH]nn1)N1CCNCC1. The van der Waals surface area contributed by atoms with Gasteiger partial charge in [-0.2, -0.15) is 0 Å². The van der Waals surface area contributed by atoms with Gasteiger partial charge in [0.25, 0.3) is 0 Å². The van der Waals surface area contributed by atoms with Gasteiger partial charge in [-0.05, 0) is 17.7 Å². The van der Waals surface area contributed by atoms with Crippen molar-refractivity contribution in [3.8, 4) is 0 Å². The van der Waals surface area contributed by atoms with Gasteiger partial charge in [0.2, 0.25) is 11.1 Å². The van der Waals surface area contributed by atoms with Gasteiger partial charge in [0, 0.05) is 38.6 Å². The molecule has 0 aliphatic carbocycles. The van der Waals surface area contributed by atoms with Crippen LogP contribution in [0.25, 0.3) is 0 Å². The number of Topliss-reactive ketones (excluding diaryl/α,β-unsaturated/α-hetero) is 1. The van der Waals surface area contributed by atoms with Gasteiger partial charge < -0.3 is 5.32 Å². The average Bonchev–Trinajstić information content (AvgIpc) is 3.02. The van der Waals surface area contributed by atoms with Crippen LogP contribution in [0.4, 0.5) is 0 Å². The molecule has 1 saturated heterocycles. The Morgan fingerprint density at radius 1 is 1.38 bits per heavy atom. The number of carbonyl (C=O) groups is 1. The third-order valence-electron chi connectivity index (χ3n) is 3.36. The number of piperazine rings is 1. The summed E-state index contributed by atoms with van der Waals surface area (Å²) in [4.78, 5) is 22.7. The van der Waals surface area contributed by atoms with Gasteiger partial charge in [-0.15, -0.1) is 5.10 Å². The molecule has 110 valence electrons. The zero-order chi connectivity index (χ0) is 14.7. The summed E-state index contributed by atoms with van der Waals surface area (Å²) in [6.07, 6.45) is 3.10. The van der Waals surface area contributed by atoms with E-state index in [2.05, 4.69) is 35.6 Å². The maximum atomic E-state index is 12.8. The second kappa shape index (κ2) is 6.25. The normalized spacial score (nSPS) is 17.6. The van der Waals surface area contributed by atoms with Crippen molar-refractivity contribution in [3.63, 3.8) is 0 Å². The fourth-order valence-corrected chi connectivity index (χ4v) is 2.53. The van der Waals surface area contributed by atoms with Crippen molar-refractivity contribution in [2.45, 2.75) is 6.04 Å². The molecule has 1 atom stereocenters. The Hall–Kier alpha value is -1.90. The summed E-state index contributed by atoms with van der Waals surface area (Å²) in [5.74, 6) is -0.157. The Balaban J connectivity index is 1.93. The standard InChI is InChI=1S/C12H14ClN7O/c13-12-15-2-1-8(17-12)11(21)10(9-7-16-19-18-9)20-5-3-14-4-6-20/h1-2,7,10,14H,3-6H2,(H,16,18,19). The minimum absolute atomic E-state index is 0.0556. The Labute approximate surface area is 125 Å². The number of aromatic amines is 1. The van der Waals surface area contributed by atoms with Crippen molar-refractivity contribution in [2.24, 2.45) is 0 Å². The molecular weight excluding hydrogens is 294 g/mol. The van der Waals surface area contributed by atoms with Gasteiger partial charge in [-0.3, -0.25) is 14.8 Å². The van der Waals surface area contributed by atoms with Crippen molar-refractivity contribution in [1.29, 1.82) is 0 Å². The van der Waals surface area contributed by atoms with Crippen LogP contribution in [0.1, 0.15) is 22.2 Å². The molecule has 0 bridgehead atoms. The molecular formula is C12H14ClN7O. The van der Waals surface area contributed by atoms with Crippen molar-refractivity contribution in [1.82, 2.24) is 35.6 Å². The van der Waals surface area contributed by atoms with Crippen LogP contribution < -0.4 is 5.32 Å². The first kappa shape index (κ1) is 14.1. The molecule has 2 N–H and O–H groups in total. The van der Waals surface area contributed by atoms with Gasteiger partial charge >= 0.3 is 0 Å². The fraction of sp³-hybridized carbons (Fsp3) is 0.417. The van der Waals surface area contributed by atoms with Crippen LogP contribution in [-0.2, 0) is 0 Å². The third kappa shape index (κ3) is 3.07. The molecule has 8 nitrogen and oxygen atoms in total. The molecule has 1 fully saturated rings. The summed E-state index contributed by atoms with van der Waals surface area (Å²) in [5, 5.41) is 13.7. The lowest BCUT2D eigenvalue weighted by molar-refractivity contribution is 0.0784. The number of H-pyrrole nitrogens is 1. The molecule has 0 aromatic carbocycles. The molecule has 0 spiro atoms. The van der Waals surface area contributed by atoms with E-state index in [0.717, 1.165) is 26.2 Å². The van der Waals surface area contributed by atoms with E-state index in [-0.39, 0.29) is 16.8 Å². The zero-order valence-corrected chi connectivity index (χ0v) is 11.9. The zero-order valence-electron chi connectivity index (χ0n) is 11.2. The molecule has 1 aliphatic rings. The minimum atomic E-state index is -0.517. The topological polar surface area (TPSA) is 99.7 Å². The van der Waals surface area contributed by atoms with Gasteiger partial charge in [0.15, 0.2) is 0 Å². The second-order valence-electron chi connectivity index (χ2n) is 4.66. The van der Waals surface area contributed by atoms with E-state index in [9.17, 15) is 4.79 Å². The van der Waals surface area contributed by atoms with E-state index >= 15 is 0 Å². The van der Waals surface area contributed by atoms with Crippen LogP contribution in [0.3, 0.4) is 0 Å². The number of carbonyl (C=O) groups excluding carboxylic acids is 1. The summed E-state index contributed by atoms with van der Waals surface area (Å²) >= 11 is 5.77. The maximum absolute atomic E-state index is 12.8. The molecule has 1 unspecified atom stereocenters. The van der Waals surface area contributed by atoms with Gasteiger partial charge in [0.05, 0.1) is 0 Å². The first-order valence-corrected chi connectivity index (χ1v) is 6.97. The van der Waals surface area contributed by atoms with Crippen LogP contribution >= 0.6 is 11.6 Å². The molecule has 2 aromatic heterocycles. The predicted octanol–water partition coefficient (Wildman–Crippen LogP) is 0.0773. The lowest BCUT2D eigenvalue weighted by atomic mass is 10.0. The van der Waals surface area contributed by atoms with E-state index in [1.165, 1.54) is 6.20 Å². The smallest absolute Gasteiger partial charge is 0.222 e. The number of ketones is 1. The number of hydrogen-bond donors (Lipinski definition) is 2. The van der Waals surface area contributed by atoms with Crippen LogP contribution in [0, 0.1) is 0 Å². The van der Waals surface area contributed by atoms with E-state index in [0.29, 0.717) is 5.69 Å². The highest BCUT2D eigenvalue weighted by Gasteiger charge is 2.32. The molecule has 21 heavy (non-hydrogen) atoms. The largest absolute Gasteiger partial charge is 0.314 e. The second-order valence-corrected chi connectivity index (χ2v) is 5.00. The average molecular weight is 308 g/mol. The monoisotopic (exact) mass is 307 g/mol. The van der Waals surface area contributed by atoms with Crippen LogP contribution in [0.15, 0.2) is 18.5 Å². The highest BCUT2D eigenvalue weighted by atomic mass is 35.5. The maximum Gasteiger partial charge on any atom is 0.222 e.